The molecule has 0 amide bonds. The minimum absolute atomic E-state index is 0.387. The number of hydrogen-bond acceptors (Lipinski definition) is 1. The predicted molar refractivity (Wildman–Crippen MR) is 36.5 cm³/mol. The van der Waals surface area contributed by atoms with Crippen LogP contribution in [0.4, 0.5) is 0 Å². The van der Waals surface area contributed by atoms with Gasteiger partial charge in [-0.1, -0.05) is 0 Å². The van der Waals surface area contributed by atoms with Crippen molar-refractivity contribution in [3.05, 3.63) is 0 Å². The van der Waals surface area contributed by atoms with Gasteiger partial charge in [-0.3, -0.25) is 0 Å². The van der Waals surface area contributed by atoms with Crippen molar-refractivity contribution in [2.75, 3.05) is 0 Å². The highest BCUT2D eigenvalue weighted by Crippen LogP contribution is 2.76. The van der Waals surface area contributed by atoms with Gasteiger partial charge < -0.3 is 4.74 Å². The maximum atomic E-state index is 5.88. The first-order valence-electron chi connectivity index (χ1n) is 4.48. The first kappa shape index (κ1) is 4.76. The molecule has 10 heavy (non-hydrogen) atoms. The van der Waals surface area contributed by atoms with Crippen LogP contribution in [0.2, 0.25) is 0 Å². The van der Waals surface area contributed by atoms with E-state index in [0.717, 1.165) is 29.8 Å². The van der Waals surface area contributed by atoms with Crippen LogP contribution in [0, 0.1) is 23.7 Å². The lowest BCUT2D eigenvalue weighted by Gasteiger charge is -2.43. The van der Waals surface area contributed by atoms with Crippen LogP contribution in [0.15, 0.2) is 0 Å². The lowest BCUT2D eigenvalue weighted by molar-refractivity contribution is -0.196. The molecule has 6 bridgehead atoms. The largest absolute Gasteiger partial charge is 0.371 e. The van der Waals surface area contributed by atoms with Gasteiger partial charge in [0, 0.05) is 5.92 Å². The topological polar surface area (TPSA) is 9.23 Å². The average molecular weight is 136 g/mol. The van der Waals surface area contributed by atoms with Crippen molar-refractivity contribution in [1.82, 2.24) is 0 Å². The number of hydrogen-bond donors (Lipinski definition) is 0. The van der Waals surface area contributed by atoms with Crippen molar-refractivity contribution < 1.29 is 4.74 Å². The van der Waals surface area contributed by atoms with E-state index >= 15 is 0 Å². The number of ether oxygens (including phenoxy) is 1. The fourth-order valence-corrected chi connectivity index (χ4v) is 4.55. The molecule has 6 atom stereocenters. The van der Waals surface area contributed by atoms with E-state index in [9.17, 15) is 0 Å². The Labute approximate surface area is 60.7 Å². The zero-order chi connectivity index (χ0) is 6.51. The van der Waals surface area contributed by atoms with E-state index in [1.54, 1.807) is 0 Å². The van der Waals surface area contributed by atoms with Gasteiger partial charge in [0.25, 0.3) is 0 Å². The highest BCUT2D eigenvalue weighted by Gasteiger charge is 2.79. The third-order valence-electron chi connectivity index (χ3n) is 4.72. The van der Waals surface area contributed by atoms with Gasteiger partial charge in [-0.05, 0) is 37.5 Å². The molecular weight excluding hydrogens is 124 g/mol. The van der Waals surface area contributed by atoms with Crippen LogP contribution in [0.1, 0.15) is 19.8 Å². The van der Waals surface area contributed by atoms with Gasteiger partial charge in [-0.25, -0.2) is 0 Å². The van der Waals surface area contributed by atoms with Crippen molar-refractivity contribution in [1.29, 1.82) is 0 Å². The molecule has 0 spiro atoms. The first-order valence-corrected chi connectivity index (χ1v) is 4.48. The highest BCUT2D eigenvalue weighted by atomic mass is 16.5. The Morgan fingerprint density at radius 2 is 2.30 bits per heavy atom. The Morgan fingerprint density at radius 1 is 1.40 bits per heavy atom. The van der Waals surface area contributed by atoms with E-state index < -0.39 is 0 Å². The third kappa shape index (κ3) is 0.230. The van der Waals surface area contributed by atoms with Gasteiger partial charge in [-0.2, -0.15) is 0 Å². The van der Waals surface area contributed by atoms with Gasteiger partial charge in [-0.15, -0.1) is 0 Å². The molecule has 4 saturated carbocycles. The second-order valence-corrected chi connectivity index (χ2v) is 4.79. The van der Waals surface area contributed by atoms with E-state index in [1.165, 1.54) is 12.8 Å². The molecular formula is C9H12O. The Kier molecular flexibility index (Phi) is 0.471. The quantitative estimate of drug-likeness (QED) is 0.489. The molecule has 4 aliphatic carbocycles. The zero-order valence-electron chi connectivity index (χ0n) is 6.21. The minimum atomic E-state index is 0.387. The Hall–Kier alpha value is -0.0400. The molecule has 5 aliphatic rings. The van der Waals surface area contributed by atoms with Crippen LogP contribution in [0.3, 0.4) is 0 Å². The molecule has 0 radical (unpaired) electrons. The Balaban J connectivity index is 2.02. The molecule has 0 aromatic rings. The van der Waals surface area contributed by atoms with Crippen molar-refractivity contribution in [2.24, 2.45) is 23.7 Å². The van der Waals surface area contributed by atoms with E-state index in [1.807, 2.05) is 0 Å². The molecule has 5 fully saturated rings. The summed E-state index contributed by atoms with van der Waals surface area (Å²) in [5.41, 5.74) is 0.387. The first-order chi connectivity index (χ1) is 4.81. The highest BCUT2D eigenvalue weighted by molar-refractivity contribution is 5.27. The molecule has 0 N–H and O–H groups in total. The van der Waals surface area contributed by atoms with Gasteiger partial charge in [0.2, 0.25) is 0 Å². The van der Waals surface area contributed by atoms with Crippen LogP contribution in [-0.2, 0) is 4.74 Å². The summed E-state index contributed by atoms with van der Waals surface area (Å²) in [6.45, 7) is 2.35. The second kappa shape index (κ2) is 0.989. The fourth-order valence-electron chi connectivity index (χ4n) is 4.55. The van der Waals surface area contributed by atoms with Crippen LogP contribution in [-0.4, -0.2) is 11.7 Å². The summed E-state index contributed by atoms with van der Waals surface area (Å²) in [6.07, 6.45) is 3.74. The molecule has 0 unspecified atom stereocenters. The lowest BCUT2D eigenvalue weighted by atomic mass is 9.83. The Bertz CT molecular complexity index is 217. The molecule has 5 rings (SSSR count). The summed E-state index contributed by atoms with van der Waals surface area (Å²) >= 11 is 0. The molecule has 0 aromatic carbocycles. The maximum absolute atomic E-state index is 5.88. The van der Waals surface area contributed by atoms with Crippen molar-refractivity contribution >= 4 is 0 Å². The average Bonchev–Trinajstić information content (AvgIpc) is 2.45. The van der Waals surface area contributed by atoms with E-state index in [4.69, 9.17) is 4.74 Å². The van der Waals surface area contributed by atoms with Crippen LogP contribution in [0.5, 0.6) is 0 Å². The summed E-state index contributed by atoms with van der Waals surface area (Å²) in [4.78, 5) is 0. The van der Waals surface area contributed by atoms with Crippen LogP contribution >= 0.6 is 0 Å². The standard InChI is InChI=1S/C9H12O/c1-9-6-3-4-2-5(6)8(10-9)7(4)9/h4-8H,2-3H2,1H3/t4-,5+,6-,7-,8-,9+/m0/s1. The molecule has 54 valence electrons. The van der Waals surface area contributed by atoms with Crippen molar-refractivity contribution in [3.63, 3.8) is 0 Å². The fraction of sp³-hybridized carbons (Fsp3) is 1.00. The molecule has 0 aromatic heterocycles. The minimum Gasteiger partial charge on any atom is -0.371 e. The molecule has 1 saturated heterocycles. The molecule has 1 heteroatoms. The smallest absolute Gasteiger partial charge is 0.0745 e. The second-order valence-electron chi connectivity index (χ2n) is 4.79. The summed E-state index contributed by atoms with van der Waals surface area (Å²) in [5, 5.41) is 0. The van der Waals surface area contributed by atoms with Crippen molar-refractivity contribution in [3.8, 4) is 0 Å². The third-order valence-corrected chi connectivity index (χ3v) is 4.72. The van der Waals surface area contributed by atoms with E-state index in [2.05, 4.69) is 6.92 Å². The summed E-state index contributed by atoms with van der Waals surface area (Å²) in [6, 6.07) is 0. The maximum Gasteiger partial charge on any atom is 0.0745 e. The normalized spacial score (nSPS) is 80.7. The summed E-state index contributed by atoms with van der Waals surface area (Å²) in [5.74, 6) is 4.06. The van der Waals surface area contributed by atoms with Crippen molar-refractivity contribution in [2.45, 2.75) is 31.5 Å². The number of rotatable bonds is 0. The Morgan fingerprint density at radius 3 is 2.70 bits per heavy atom. The molecule has 1 nitrogen and oxygen atoms in total. The SMILES string of the molecule is C[C@@]12O[C@H]3[C@@H]4C[C@@H](C[C@@H]41)[C@@H]32. The summed E-state index contributed by atoms with van der Waals surface area (Å²) in [7, 11) is 0. The van der Waals surface area contributed by atoms with E-state index in [0.29, 0.717) is 5.60 Å². The van der Waals surface area contributed by atoms with Crippen LogP contribution < -0.4 is 0 Å². The van der Waals surface area contributed by atoms with Crippen LogP contribution in [0.25, 0.3) is 0 Å². The molecule has 1 heterocycles. The summed E-state index contributed by atoms with van der Waals surface area (Å²) < 4.78 is 5.88. The molecule has 1 aliphatic heterocycles. The van der Waals surface area contributed by atoms with Gasteiger partial charge in [0.1, 0.15) is 0 Å². The van der Waals surface area contributed by atoms with Gasteiger partial charge in [0.05, 0.1) is 11.7 Å². The van der Waals surface area contributed by atoms with E-state index in [-0.39, 0.29) is 0 Å². The zero-order valence-corrected chi connectivity index (χ0v) is 6.21. The lowest BCUT2D eigenvalue weighted by Crippen LogP contribution is -2.49. The predicted octanol–water partition coefficient (Wildman–Crippen LogP) is 1.43. The van der Waals surface area contributed by atoms with Gasteiger partial charge in [0.15, 0.2) is 0 Å². The monoisotopic (exact) mass is 136 g/mol. The van der Waals surface area contributed by atoms with Gasteiger partial charge >= 0.3 is 0 Å².